The molecule has 1 aliphatic carbocycles. The second-order valence-corrected chi connectivity index (χ2v) is 7.96. The van der Waals surface area contributed by atoms with E-state index in [1.54, 1.807) is 12.4 Å². The van der Waals surface area contributed by atoms with Crippen molar-refractivity contribution in [3.8, 4) is 11.3 Å². The quantitative estimate of drug-likeness (QED) is 0.759. The van der Waals surface area contributed by atoms with Crippen LogP contribution in [0, 0.1) is 31.6 Å². The summed E-state index contributed by atoms with van der Waals surface area (Å²) in [5.41, 5.74) is 5.08. The van der Waals surface area contributed by atoms with Gasteiger partial charge in [0, 0.05) is 35.5 Å². The smallest absolute Gasteiger partial charge is 0.232 e. The average Bonchev–Trinajstić information content (AvgIpc) is 3.05. The van der Waals surface area contributed by atoms with Gasteiger partial charge in [-0.15, -0.1) is 0 Å². The number of amides is 1. The lowest BCUT2D eigenvalue weighted by Crippen LogP contribution is -2.34. The molecule has 1 aliphatic heterocycles. The van der Waals surface area contributed by atoms with E-state index >= 15 is 0 Å². The van der Waals surface area contributed by atoms with Gasteiger partial charge in [0.05, 0.1) is 18.1 Å². The van der Waals surface area contributed by atoms with Crippen LogP contribution in [0.15, 0.2) is 36.8 Å². The highest BCUT2D eigenvalue weighted by atomic mass is 16.2. The maximum Gasteiger partial charge on any atom is 0.232 e. The van der Waals surface area contributed by atoms with Crippen LogP contribution in [-0.4, -0.2) is 37.3 Å². The van der Waals surface area contributed by atoms with Crippen LogP contribution in [-0.2, 0) is 11.2 Å². The zero-order valence-corrected chi connectivity index (χ0v) is 16.1. The Balaban J connectivity index is 1.41. The third-order valence-electron chi connectivity index (χ3n) is 6.28. The number of carbonyl (C=O) groups excluding carboxylic acids is 1. The van der Waals surface area contributed by atoms with E-state index < -0.39 is 0 Å². The van der Waals surface area contributed by atoms with E-state index in [-0.39, 0.29) is 17.9 Å². The van der Waals surface area contributed by atoms with Gasteiger partial charge in [0.1, 0.15) is 0 Å². The van der Waals surface area contributed by atoms with Gasteiger partial charge in [-0.3, -0.25) is 19.8 Å². The molecule has 0 spiro atoms. The first-order chi connectivity index (χ1) is 13.5. The van der Waals surface area contributed by atoms with Gasteiger partial charge in [-0.05, 0) is 49.3 Å². The molecule has 28 heavy (non-hydrogen) atoms. The molecule has 3 unspecified atom stereocenters. The lowest BCUT2D eigenvalue weighted by molar-refractivity contribution is -0.121. The maximum atomic E-state index is 13.2. The normalized spacial score (nSPS) is 25.8. The number of pyridine rings is 1. The Morgan fingerprint density at radius 3 is 2.79 bits per heavy atom. The summed E-state index contributed by atoms with van der Waals surface area (Å²) < 4.78 is 0. The van der Waals surface area contributed by atoms with E-state index in [2.05, 4.69) is 45.3 Å². The number of fused-ring (bicyclic) bond motifs is 1. The van der Waals surface area contributed by atoms with Gasteiger partial charge in [0.2, 0.25) is 5.91 Å². The molecule has 0 aromatic carbocycles. The molecular weight excluding hydrogens is 352 g/mol. The Hall–Kier alpha value is -3.09. The van der Waals surface area contributed by atoms with Gasteiger partial charge in [-0.25, -0.2) is 0 Å². The third kappa shape index (κ3) is 2.61. The van der Waals surface area contributed by atoms with Crippen LogP contribution in [0.2, 0.25) is 0 Å². The molecule has 0 radical (unpaired) electrons. The van der Waals surface area contributed by atoms with E-state index in [0.717, 1.165) is 28.9 Å². The highest BCUT2D eigenvalue weighted by Gasteiger charge is 2.64. The molecule has 2 aliphatic rings. The second-order valence-electron chi connectivity index (χ2n) is 7.96. The summed E-state index contributed by atoms with van der Waals surface area (Å²) in [6.07, 6.45) is 5.97. The van der Waals surface area contributed by atoms with Crippen molar-refractivity contribution in [3.05, 3.63) is 53.6 Å². The number of anilines is 1. The summed E-state index contributed by atoms with van der Waals surface area (Å²) in [7, 11) is 0. The third-order valence-corrected chi connectivity index (χ3v) is 6.28. The largest absolute Gasteiger partial charge is 0.291 e. The molecule has 7 heteroatoms. The van der Waals surface area contributed by atoms with Crippen LogP contribution in [0.25, 0.3) is 11.3 Å². The fourth-order valence-electron chi connectivity index (χ4n) is 4.56. The number of carbonyl (C=O) groups is 1. The van der Waals surface area contributed by atoms with Crippen LogP contribution in [0.5, 0.6) is 0 Å². The van der Waals surface area contributed by atoms with Crippen molar-refractivity contribution in [3.63, 3.8) is 0 Å². The number of nitrogens with zero attached hydrogens (tertiary/aromatic N) is 5. The number of hydrogen-bond acceptors (Lipinski definition) is 5. The number of aromatic nitrogens is 5. The molecule has 1 saturated heterocycles. The fraction of sp³-hybridized carbons (Fsp3) is 0.381. The van der Waals surface area contributed by atoms with E-state index in [1.807, 2.05) is 30.2 Å². The zero-order valence-electron chi connectivity index (χ0n) is 16.1. The molecule has 0 bridgehead atoms. The van der Waals surface area contributed by atoms with Crippen LogP contribution >= 0.6 is 0 Å². The summed E-state index contributed by atoms with van der Waals surface area (Å²) >= 11 is 0. The molecule has 7 nitrogen and oxygen atoms in total. The number of nitrogens with one attached hydrogen (secondary N) is 1. The molecule has 1 N–H and O–H groups in total. The van der Waals surface area contributed by atoms with Gasteiger partial charge >= 0.3 is 0 Å². The summed E-state index contributed by atoms with van der Waals surface area (Å²) in [5.74, 6) is 1.72. The Kier molecular flexibility index (Phi) is 3.79. The summed E-state index contributed by atoms with van der Waals surface area (Å²) in [5, 5.41) is 15.2. The van der Waals surface area contributed by atoms with Crippen LogP contribution in [0.1, 0.15) is 23.7 Å². The number of hydrogen-bond donors (Lipinski definition) is 1. The highest BCUT2D eigenvalue weighted by molar-refractivity contribution is 6.00. The van der Waals surface area contributed by atoms with E-state index in [0.29, 0.717) is 17.7 Å². The minimum atomic E-state index is -0.00773. The van der Waals surface area contributed by atoms with Gasteiger partial charge in [-0.1, -0.05) is 13.0 Å². The molecule has 2 fully saturated rings. The molecule has 142 valence electrons. The van der Waals surface area contributed by atoms with Crippen LogP contribution in [0.3, 0.4) is 0 Å². The van der Waals surface area contributed by atoms with Crippen molar-refractivity contribution in [2.45, 2.75) is 33.2 Å². The molecule has 4 atom stereocenters. The van der Waals surface area contributed by atoms with Crippen molar-refractivity contribution in [1.29, 1.82) is 0 Å². The number of rotatable bonds is 4. The van der Waals surface area contributed by atoms with E-state index in [4.69, 9.17) is 0 Å². The monoisotopic (exact) mass is 374 g/mol. The SMILES string of the molecule is Cc1cc(CC2C(=O)N(c3cc(-c4ccnnc4)[nH]n3)C3C2[C@@H]3C)cnc1C. The summed E-state index contributed by atoms with van der Waals surface area (Å²) in [6, 6.07) is 6.19. The predicted octanol–water partition coefficient (Wildman–Crippen LogP) is 2.72. The number of H-pyrrole nitrogens is 1. The molecule has 3 aromatic rings. The van der Waals surface area contributed by atoms with Crippen LogP contribution < -0.4 is 4.90 Å². The molecule has 1 saturated carbocycles. The van der Waals surface area contributed by atoms with Crippen molar-refractivity contribution in [2.75, 3.05) is 4.90 Å². The van der Waals surface area contributed by atoms with Gasteiger partial charge < -0.3 is 0 Å². The number of aryl methyl sites for hydroxylation is 2. The average molecular weight is 374 g/mol. The van der Waals surface area contributed by atoms with Crippen molar-refractivity contribution >= 4 is 11.7 Å². The molecule has 1 amide bonds. The minimum absolute atomic E-state index is 0.00773. The van der Waals surface area contributed by atoms with E-state index in [9.17, 15) is 4.79 Å². The molecular formula is C21H22N6O. The van der Waals surface area contributed by atoms with Crippen molar-refractivity contribution in [2.24, 2.45) is 17.8 Å². The van der Waals surface area contributed by atoms with Gasteiger partial charge in [0.25, 0.3) is 0 Å². The predicted molar refractivity (Wildman–Crippen MR) is 104 cm³/mol. The zero-order chi connectivity index (χ0) is 19.4. The van der Waals surface area contributed by atoms with Gasteiger partial charge in [-0.2, -0.15) is 15.3 Å². The molecule has 4 heterocycles. The van der Waals surface area contributed by atoms with Crippen LogP contribution in [0.4, 0.5) is 5.82 Å². The Morgan fingerprint density at radius 2 is 2.04 bits per heavy atom. The molecule has 3 aromatic heterocycles. The number of aromatic amines is 1. The van der Waals surface area contributed by atoms with Crippen molar-refractivity contribution < 1.29 is 4.79 Å². The minimum Gasteiger partial charge on any atom is -0.291 e. The highest BCUT2D eigenvalue weighted by Crippen LogP contribution is 2.56. The Bertz CT molecular complexity index is 1050. The second kappa shape index (κ2) is 6.22. The fourth-order valence-corrected chi connectivity index (χ4v) is 4.56. The first-order valence-electron chi connectivity index (χ1n) is 9.62. The molecule has 5 rings (SSSR count). The number of piperidine rings is 1. The summed E-state index contributed by atoms with van der Waals surface area (Å²) in [4.78, 5) is 19.6. The van der Waals surface area contributed by atoms with E-state index in [1.165, 1.54) is 5.56 Å². The lowest BCUT2D eigenvalue weighted by Gasteiger charge is -2.20. The first-order valence-corrected chi connectivity index (χ1v) is 9.62. The Labute approximate surface area is 163 Å². The Morgan fingerprint density at radius 1 is 1.18 bits per heavy atom. The van der Waals surface area contributed by atoms with Crippen molar-refractivity contribution in [1.82, 2.24) is 25.4 Å². The topological polar surface area (TPSA) is 87.7 Å². The summed E-state index contributed by atoms with van der Waals surface area (Å²) in [6.45, 7) is 6.30. The lowest BCUT2D eigenvalue weighted by atomic mass is 9.94. The standard InChI is InChI=1S/C21H22N6O/c1-11-6-14(9-22-13(11)3)7-16-19-12(2)20(19)27(21(16)28)18-8-17(25-26-18)15-4-5-23-24-10-15/h4-6,8-10,12,16,19-20H,7H2,1-3H3,(H,25,26)/t12-,16?,19?,20?/m0/s1. The first kappa shape index (κ1) is 17.0. The van der Waals surface area contributed by atoms with Gasteiger partial charge in [0.15, 0.2) is 5.82 Å². The maximum absolute atomic E-state index is 13.2.